The van der Waals surface area contributed by atoms with Crippen LogP contribution in [0.1, 0.15) is 20.3 Å². The molecule has 0 fully saturated rings. The van der Waals surface area contributed by atoms with E-state index in [4.69, 9.17) is 0 Å². The topological polar surface area (TPSA) is 52.6 Å². The van der Waals surface area contributed by atoms with Gasteiger partial charge >= 0.3 is 11.9 Å². The molecule has 0 saturated carbocycles. The Bertz CT molecular complexity index is 241. The van der Waals surface area contributed by atoms with Crippen molar-refractivity contribution >= 4 is 11.9 Å². The number of carbonyl (C=O) groups excluding carboxylic acids is 2. The van der Waals surface area contributed by atoms with Crippen molar-refractivity contribution in [3.05, 3.63) is 11.6 Å². The molecule has 0 N–H and O–H groups in total. The minimum absolute atomic E-state index is 0.0403. The zero-order chi connectivity index (χ0) is 11.1. The molecule has 0 saturated heterocycles. The number of ether oxygens (including phenoxy) is 2. The molecule has 0 amide bonds. The molecule has 0 rings (SSSR count). The first kappa shape index (κ1) is 12.7. The van der Waals surface area contributed by atoms with Crippen LogP contribution < -0.4 is 0 Å². The second-order valence-corrected chi connectivity index (χ2v) is 3.18. The molecule has 0 aliphatic rings. The van der Waals surface area contributed by atoms with Crippen molar-refractivity contribution in [2.24, 2.45) is 5.92 Å². The van der Waals surface area contributed by atoms with E-state index in [2.05, 4.69) is 9.47 Å². The van der Waals surface area contributed by atoms with Gasteiger partial charge in [0, 0.05) is 5.57 Å². The predicted octanol–water partition coefficient (Wildman–Crippen LogP) is 1.30. The summed E-state index contributed by atoms with van der Waals surface area (Å²) in [6.07, 6.45) is 1.66. The maximum Gasteiger partial charge on any atom is 0.334 e. The number of esters is 2. The number of hydrogen-bond donors (Lipinski definition) is 0. The van der Waals surface area contributed by atoms with E-state index in [-0.39, 0.29) is 12.3 Å². The second kappa shape index (κ2) is 6.18. The van der Waals surface area contributed by atoms with E-state index in [9.17, 15) is 9.59 Å². The Morgan fingerprint density at radius 3 is 2.14 bits per heavy atom. The van der Waals surface area contributed by atoms with E-state index < -0.39 is 11.9 Å². The quantitative estimate of drug-likeness (QED) is 0.507. The molecule has 4 nitrogen and oxygen atoms in total. The zero-order valence-corrected chi connectivity index (χ0v) is 8.99. The molecule has 0 aliphatic heterocycles. The lowest BCUT2D eigenvalue weighted by Crippen LogP contribution is -2.11. The summed E-state index contributed by atoms with van der Waals surface area (Å²) in [5.41, 5.74) is 0.342. The van der Waals surface area contributed by atoms with Gasteiger partial charge in [-0.25, -0.2) is 4.79 Å². The van der Waals surface area contributed by atoms with Crippen LogP contribution in [-0.4, -0.2) is 26.2 Å². The molecule has 0 aromatic heterocycles. The zero-order valence-electron chi connectivity index (χ0n) is 8.99. The Hall–Kier alpha value is -1.32. The lowest BCUT2D eigenvalue weighted by Gasteiger charge is -2.05. The molecular formula is C10H16O4. The van der Waals surface area contributed by atoms with E-state index in [0.717, 1.165) is 0 Å². The van der Waals surface area contributed by atoms with Crippen molar-refractivity contribution < 1.29 is 19.1 Å². The van der Waals surface area contributed by atoms with Crippen molar-refractivity contribution in [1.82, 2.24) is 0 Å². The molecule has 0 atom stereocenters. The molecule has 0 radical (unpaired) electrons. The molecule has 0 spiro atoms. The Morgan fingerprint density at radius 1 is 1.21 bits per heavy atom. The van der Waals surface area contributed by atoms with Crippen LogP contribution in [0.15, 0.2) is 11.6 Å². The highest BCUT2D eigenvalue weighted by atomic mass is 16.5. The Morgan fingerprint density at radius 2 is 1.79 bits per heavy atom. The molecule has 80 valence electrons. The van der Waals surface area contributed by atoms with Gasteiger partial charge in [0.2, 0.25) is 0 Å². The fraction of sp³-hybridized carbons (Fsp3) is 0.600. The van der Waals surface area contributed by atoms with Crippen LogP contribution in [0.25, 0.3) is 0 Å². The van der Waals surface area contributed by atoms with Crippen molar-refractivity contribution in [2.75, 3.05) is 14.2 Å². The highest BCUT2D eigenvalue weighted by Gasteiger charge is 2.14. The fourth-order valence-corrected chi connectivity index (χ4v) is 0.960. The number of rotatable bonds is 4. The SMILES string of the molecule is COC(=O)C/C(=C\C(C)C)C(=O)OC. The van der Waals surface area contributed by atoms with Crippen LogP contribution in [0.2, 0.25) is 0 Å². The van der Waals surface area contributed by atoms with Gasteiger partial charge < -0.3 is 9.47 Å². The van der Waals surface area contributed by atoms with Gasteiger partial charge in [-0.15, -0.1) is 0 Å². The predicted molar refractivity (Wildman–Crippen MR) is 51.6 cm³/mol. The molecule has 14 heavy (non-hydrogen) atoms. The molecule has 0 aromatic rings. The number of allylic oxidation sites excluding steroid dienone is 1. The Labute approximate surface area is 83.9 Å². The fourth-order valence-electron chi connectivity index (χ4n) is 0.960. The van der Waals surface area contributed by atoms with E-state index in [1.807, 2.05) is 13.8 Å². The third-order valence-electron chi connectivity index (χ3n) is 1.54. The van der Waals surface area contributed by atoms with Gasteiger partial charge in [0.1, 0.15) is 0 Å². The summed E-state index contributed by atoms with van der Waals surface area (Å²) in [6, 6.07) is 0. The summed E-state index contributed by atoms with van der Waals surface area (Å²) >= 11 is 0. The van der Waals surface area contributed by atoms with Gasteiger partial charge in [0.25, 0.3) is 0 Å². The molecule has 0 aliphatic carbocycles. The lowest BCUT2D eigenvalue weighted by atomic mass is 10.1. The third kappa shape index (κ3) is 4.64. The highest BCUT2D eigenvalue weighted by Crippen LogP contribution is 2.09. The summed E-state index contributed by atoms with van der Waals surface area (Å²) in [5, 5.41) is 0. The van der Waals surface area contributed by atoms with Crippen LogP contribution in [0.5, 0.6) is 0 Å². The monoisotopic (exact) mass is 200 g/mol. The van der Waals surface area contributed by atoms with E-state index in [0.29, 0.717) is 5.57 Å². The average molecular weight is 200 g/mol. The molecule has 4 heteroatoms. The van der Waals surface area contributed by atoms with Crippen LogP contribution in [0.3, 0.4) is 0 Å². The largest absolute Gasteiger partial charge is 0.469 e. The molecular weight excluding hydrogens is 184 g/mol. The van der Waals surface area contributed by atoms with Crippen LogP contribution in [0, 0.1) is 5.92 Å². The standard InChI is InChI=1S/C10H16O4/c1-7(2)5-8(10(12)14-4)6-9(11)13-3/h5,7H,6H2,1-4H3/b8-5+. The molecule has 0 bridgehead atoms. The third-order valence-corrected chi connectivity index (χ3v) is 1.54. The van der Waals surface area contributed by atoms with Crippen molar-refractivity contribution in [3.63, 3.8) is 0 Å². The molecule has 0 heterocycles. The number of hydrogen-bond acceptors (Lipinski definition) is 4. The van der Waals surface area contributed by atoms with Gasteiger partial charge in [-0.2, -0.15) is 0 Å². The summed E-state index contributed by atoms with van der Waals surface area (Å²) in [4.78, 5) is 22.2. The summed E-state index contributed by atoms with van der Waals surface area (Å²) < 4.78 is 9.01. The summed E-state index contributed by atoms with van der Waals surface area (Å²) in [6.45, 7) is 3.83. The van der Waals surface area contributed by atoms with Crippen molar-refractivity contribution in [2.45, 2.75) is 20.3 Å². The van der Waals surface area contributed by atoms with Crippen molar-refractivity contribution in [1.29, 1.82) is 0 Å². The summed E-state index contributed by atoms with van der Waals surface area (Å²) in [7, 11) is 2.57. The summed E-state index contributed by atoms with van der Waals surface area (Å²) in [5.74, 6) is -0.736. The maximum absolute atomic E-state index is 11.2. The minimum Gasteiger partial charge on any atom is -0.469 e. The minimum atomic E-state index is -0.482. The Balaban J connectivity index is 4.57. The first-order chi connectivity index (χ1) is 6.51. The van der Waals surface area contributed by atoms with E-state index in [1.54, 1.807) is 6.08 Å². The van der Waals surface area contributed by atoms with Crippen LogP contribution in [-0.2, 0) is 19.1 Å². The van der Waals surface area contributed by atoms with E-state index in [1.165, 1.54) is 14.2 Å². The molecule has 0 aromatic carbocycles. The maximum atomic E-state index is 11.2. The van der Waals surface area contributed by atoms with Crippen molar-refractivity contribution in [3.8, 4) is 0 Å². The van der Waals surface area contributed by atoms with E-state index >= 15 is 0 Å². The smallest absolute Gasteiger partial charge is 0.334 e. The number of methoxy groups -OCH3 is 2. The van der Waals surface area contributed by atoms with Crippen LogP contribution in [0.4, 0.5) is 0 Å². The second-order valence-electron chi connectivity index (χ2n) is 3.18. The highest BCUT2D eigenvalue weighted by molar-refractivity contribution is 5.93. The Kier molecular flexibility index (Phi) is 5.60. The van der Waals surface area contributed by atoms with Gasteiger partial charge in [0.05, 0.1) is 20.6 Å². The van der Waals surface area contributed by atoms with Crippen LogP contribution >= 0.6 is 0 Å². The van der Waals surface area contributed by atoms with Gasteiger partial charge in [-0.1, -0.05) is 19.9 Å². The first-order valence-corrected chi connectivity index (χ1v) is 4.37. The molecule has 0 unspecified atom stereocenters. The van der Waals surface area contributed by atoms with Gasteiger partial charge in [-0.3, -0.25) is 4.79 Å². The average Bonchev–Trinajstić information content (AvgIpc) is 2.14. The van der Waals surface area contributed by atoms with Gasteiger partial charge in [-0.05, 0) is 5.92 Å². The number of carbonyl (C=O) groups is 2. The first-order valence-electron chi connectivity index (χ1n) is 4.37. The normalized spacial score (nSPS) is 11.4. The van der Waals surface area contributed by atoms with Gasteiger partial charge in [0.15, 0.2) is 0 Å². The lowest BCUT2D eigenvalue weighted by molar-refractivity contribution is -0.143.